The minimum Gasteiger partial charge on any atom is -0.325 e. The monoisotopic (exact) mass is 260 g/mol. The Morgan fingerprint density at radius 1 is 1.28 bits per heavy atom. The van der Waals surface area contributed by atoms with Crippen LogP contribution in [0.1, 0.15) is 11.3 Å². The van der Waals surface area contributed by atoms with Crippen molar-refractivity contribution in [3.8, 4) is 5.69 Å². The fraction of sp³-hybridized carbons (Fsp3) is 0.200. The van der Waals surface area contributed by atoms with Crippen LogP contribution in [0.3, 0.4) is 0 Å². The quantitative estimate of drug-likeness (QED) is 0.839. The topological polar surface area (TPSA) is 56.7 Å². The summed E-state index contributed by atoms with van der Waals surface area (Å²) in [6.07, 6.45) is -3.29. The van der Waals surface area contributed by atoms with Gasteiger partial charge in [-0.25, -0.2) is 9.07 Å². The molecule has 4 nitrogen and oxygen atoms in total. The van der Waals surface area contributed by atoms with E-state index in [1.807, 2.05) is 0 Å². The fourth-order valence-corrected chi connectivity index (χ4v) is 1.45. The number of aromatic nitrogens is 3. The van der Waals surface area contributed by atoms with Crippen molar-refractivity contribution in [1.29, 1.82) is 0 Å². The molecule has 2 aromatic rings. The van der Waals surface area contributed by atoms with E-state index in [-0.39, 0.29) is 12.2 Å². The molecule has 2 rings (SSSR count). The minimum atomic E-state index is -4.55. The Bertz CT molecular complexity index is 561. The standard InChI is InChI=1S/C10H8F4N4/c11-8-2-1-6(10(12,13)14)3-9(8)18-7(4-15)5-16-17-18/h1-3,5H,4,15H2. The highest BCUT2D eigenvalue weighted by molar-refractivity contribution is 5.38. The fourth-order valence-electron chi connectivity index (χ4n) is 1.45. The van der Waals surface area contributed by atoms with Gasteiger partial charge < -0.3 is 5.73 Å². The molecular formula is C10H8F4N4. The highest BCUT2D eigenvalue weighted by Crippen LogP contribution is 2.31. The molecule has 1 heterocycles. The molecule has 0 amide bonds. The van der Waals surface area contributed by atoms with Gasteiger partial charge in [0.1, 0.15) is 11.5 Å². The van der Waals surface area contributed by atoms with Crippen LogP contribution in [0.25, 0.3) is 5.69 Å². The van der Waals surface area contributed by atoms with Crippen LogP contribution >= 0.6 is 0 Å². The molecule has 0 spiro atoms. The van der Waals surface area contributed by atoms with Crippen LogP contribution < -0.4 is 5.73 Å². The molecule has 0 bridgehead atoms. The van der Waals surface area contributed by atoms with Crippen molar-refractivity contribution in [2.75, 3.05) is 0 Å². The summed E-state index contributed by atoms with van der Waals surface area (Å²) in [4.78, 5) is 0. The molecule has 2 N–H and O–H groups in total. The van der Waals surface area contributed by atoms with E-state index < -0.39 is 17.6 Å². The van der Waals surface area contributed by atoms with Crippen LogP contribution in [0.4, 0.5) is 17.6 Å². The van der Waals surface area contributed by atoms with Crippen LogP contribution in [0, 0.1) is 5.82 Å². The van der Waals surface area contributed by atoms with Gasteiger partial charge in [0.2, 0.25) is 0 Å². The molecule has 96 valence electrons. The van der Waals surface area contributed by atoms with Crippen molar-refractivity contribution in [2.45, 2.75) is 12.7 Å². The smallest absolute Gasteiger partial charge is 0.325 e. The zero-order chi connectivity index (χ0) is 13.3. The third kappa shape index (κ3) is 2.19. The van der Waals surface area contributed by atoms with Gasteiger partial charge in [-0.05, 0) is 18.2 Å². The maximum atomic E-state index is 13.5. The van der Waals surface area contributed by atoms with Gasteiger partial charge >= 0.3 is 6.18 Å². The Morgan fingerprint density at radius 3 is 2.61 bits per heavy atom. The molecule has 8 heteroatoms. The lowest BCUT2D eigenvalue weighted by Crippen LogP contribution is -2.11. The second-order valence-corrected chi connectivity index (χ2v) is 3.51. The molecule has 0 aliphatic rings. The van der Waals surface area contributed by atoms with Crippen LogP contribution in [0.2, 0.25) is 0 Å². The number of hydrogen-bond acceptors (Lipinski definition) is 3. The number of benzene rings is 1. The summed E-state index contributed by atoms with van der Waals surface area (Å²) in [7, 11) is 0. The van der Waals surface area contributed by atoms with Crippen LogP contribution in [0.5, 0.6) is 0 Å². The number of halogens is 4. The average Bonchev–Trinajstić information content (AvgIpc) is 2.76. The zero-order valence-corrected chi connectivity index (χ0v) is 8.95. The summed E-state index contributed by atoms with van der Waals surface area (Å²) in [5.41, 5.74) is 4.38. The normalized spacial score (nSPS) is 11.8. The number of nitrogens with zero attached hydrogens (tertiary/aromatic N) is 3. The third-order valence-corrected chi connectivity index (χ3v) is 2.33. The van der Waals surface area contributed by atoms with Gasteiger partial charge in [-0.3, -0.25) is 0 Å². The Balaban J connectivity index is 2.57. The first-order chi connectivity index (χ1) is 8.43. The van der Waals surface area contributed by atoms with E-state index >= 15 is 0 Å². The highest BCUT2D eigenvalue weighted by Gasteiger charge is 2.31. The van der Waals surface area contributed by atoms with E-state index in [0.29, 0.717) is 17.8 Å². The Labute approximate surface area is 99.0 Å². The zero-order valence-electron chi connectivity index (χ0n) is 8.95. The van der Waals surface area contributed by atoms with Gasteiger partial charge in [0.05, 0.1) is 17.5 Å². The Hall–Kier alpha value is -1.96. The average molecular weight is 260 g/mol. The van der Waals surface area contributed by atoms with E-state index in [1.165, 1.54) is 6.20 Å². The second-order valence-electron chi connectivity index (χ2n) is 3.51. The summed E-state index contributed by atoms with van der Waals surface area (Å²) in [5.74, 6) is -0.830. The number of hydrogen-bond donors (Lipinski definition) is 1. The lowest BCUT2D eigenvalue weighted by molar-refractivity contribution is -0.137. The van der Waals surface area contributed by atoms with Gasteiger partial charge in [-0.2, -0.15) is 13.2 Å². The molecule has 0 aliphatic carbocycles. The molecular weight excluding hydrogens is 252 g/mol. The third-order valence-electron chi connectivity index (χ3n) is 2.33. The maximum absolute atomic E-state index is 13.5. The molecule has 1 aromatic heterocycles. The maximum Gasteiger partial charge on any atom is 0.416 e. The van der Waals surface area contributed by atoms with E-state index in [0.717, 1.165) is 10.7 Å². The summed E-state index contributed by atoms with van der Waals surface area (Å²) in [6, 6.07) is 2.07. The van der Waals surface area contributed by atoms with E-state index in [1.54, 1.807) is 0 Å². The first-order valence-electron chi connectivity index (χ1n) is 4.90. The molecule has 0 radical (unpaired) electrons. The predicted octanol–water partition coefficient (Wildman–Crippen LogP) is 1.88. The van der Waals surface area contributed by atoms with Crippen molar-refractivity contribution < 1.29 is 17.6 Å². The highest BCUT2D eigenvalue weighted by atomic mass is 19.4. The molecule has 0 atom stereocenters. The summed E-state index contributed by atoms with van der Waals surface area (Å²) >= 11 is 0. The van der Waals surface area contributed by atoms with Crippen molar-refractivity contribution in [2.24, 2.45) is 5.73 Å². The van der Waals surface area contributed by atoms with E-state index in [2.05, 4.69) is 10.3 Å². The van der Waals surface area contributed by atoms with Gasteiger partial charge in [0, 0.05) is 6.54 Å². The van der Waals surface area contributed by atoms with Gasteiger partial charge in [0.15, 0.2) is 0 Å². The van der Waals surface area contributed by atoms with Gasteiger partial charge in [-0.15, -0.1) is 5.10 Å². The number of nitrogens with two attached hydrogens (primary N) is 1. The number of rotatable bonds is 2. The van der Waals surface area contributed by atoms with E-state index in [4.69, 9.17) is 5.73 Å². The molecule has 0 fully saturated rings. The van der Waals surface area contributed by atoms with Crippen molar-refractivity contribution in [3.63, 3.8) is 0 Å². The van der Waals surface area contributed by atoms with Crippen molar-refractivity contribution >= 4 is 0 Å². The molecule has 0 aliphatic heterocycles. The first-order valence-corrected chi connectivity index (χ1v) is 4.90. The summed E-state index contributed by atoms with van der Waals surface area (Å²) in [6.45, 7) is -0.0112. The van der Waals surface area contributed by atoms with Gasteiger partial charge in [0.25, 0.3) is 0 Å². The molecule has 18 heavy (non-hydrogen) atoms. The van der Waals surface area contributed by atoms with Crippen LogP contribution in [-0.2, 0) is 12.7 Å². The Kier molecular flexibility index (Phi) is 3.04. The van der Waals surface area contributed by atoms with Crippen LogP contribution in [0.15, 0.2) is 24.4 Å². The Morgan fingerprint density at radius 2 is 2.00 bits per heavy atom. The first kappa shape index (κ1) is 12.5. The predicted molar refractivity (Wildman–Crippen MR) is 54.2 cm³/mol. The van der Waals surface area contributed by atoms with Crippen molar-refractivity contribution in [3.05, 3.63) is 41.5 Å². The van der Waals surface area contributed by atoms with Gasteiger partial charge in [-0.1, -0.05) is 5.21 Å². The summed E-state index contributed by atoms with van der Waals surface area (Å²) < 4.78 is 52.1. The van der Waals surface area contributed by atoms with Crippen molar-refractivity contribution in [1.82, 2.24) is 15.0 Å². The SMILES string of the molecule is NCc1cnnn1-c1cc(C(F)(F)F)ccc1F. The number of alkyl halides is 3. The lowest BCUT2D eigenvalue weighted by Gasteiger charge is -2.10. The minimum absolute atomic E-state index is 0.0112. The lowest BCUT2D eigenvalue weighted by atomic mass is 10.2. The molecule has 0 unspecified atom stereocenters. The second kappa shape index (κ2) is 4.37. The molecule has 0 saturated heterocycles. The summed E-state index contributed by atoms with van der Waals surface area (Å²) in [5, 5.41) is 7.01. The molecule has 1 aromatic carbocycles. The van der Waals surface area contributed by atoms with E-state index in [9.17, 15) is 17.6 Å². The largest absolute Gasteiger partial charge is 0.416 e. The molecule has 0 saturated carbocycles. The van der Waals surface area contributed by atoms with Crippen LogP contribution in [-0.4, -0.2) is 15.0 Å².